The largest absolute Gasteiger partial charge is 0.445 e. The number of benzene rings is 1. The summed E-state index contributed by atoms with van der Waals surface area (Å²) in [6, 6.07) is 10.3. The first-order chi connectivity index (χ1) is 12.2. The molecule has 5 nitrogen and oxygen atoms in total. The highest BCUT2D eigenvalue weighted by Gasteiger charge is 2.26. The second-order valence-electron chi connectivity index (χ2n) is 7.32. The van der Waals surface area contributed by atoms with Gasteiger partial charge in [0.2, 0.25) is 0 Å². The third kappa shape index (κ3) is 5.72. The molecule has 0 spiro atoms. The maximum absolute atomic E-state index is 12.3. The zero-order chi connectivity index (χ0) is 17.5. The zero-order valence-electron chi connectivity index (χ0n) is 15.2. The minimum atomic E-state index is -0.250. The Hall–Kier alpha value is -1.59. The van der Waals surface area contributed by atoms with Crippen LogP contribution in [0.2, 0.25) is 0 Å². The Labute approximate surface area is 150 Å². The minimum absolute atomic E-state index is 0.0434. The lowest BCUT2D eigenvalue weighted by Gasteiger charge is -2.34. The molecule has 25 heavy (non-hydrogen) atoms. The third-order valence-electron chi connectivity index (χ3n) is 5.21. The van der Waals surface area contributed by atoms with Crippen LogP contribution < -0.4 is 5.32 Å². The fraction of sp³-hybridized carbons (Fsp3) is 0.650. The van der Waals surface area contributed by atoms with Crippen molar-refractivity contribution in [3.8, 4) is 0 Å². The molecule has 1 amide bonds. The summed E-state index contributed by atoms with van der Waals surface area (Å²) in [6.45, 7) is 5.12. The smallest absolute Gasteiger partial charge is 0.410 e. The van der Waals surface area contributed by atoms with E-state index in [2.05, 4.69) is 12.2 Å². The number of carbonyl (C=O) groups excluding carboxylic acids is 1. The molecule has 1 aliphatic heterocycles. The Balaban J connectivity index is 1.37. The van der Waals surface area contributed by atoms with Crippen molar-refractivity contribution < 1.29 is 14.3 Å². The number of amides is 1. The van der Waals surface area contributed by atoms with E-state index in [1.165, 1.54) is 25.7 Å². The van der Waals surface area contributed by atoms with Crippen molar-refractivity contribution in [2.24, 2.45) is 5.92 Å². The average molecular weight is 346 g/mol. The second kappa shape index (κ2) is 9.20. The SMILES string of the molecule is CC(CC1CCC1)NCC1CN(C(=O)OCc2ccccc2)CCO1. The summed E-state index contributed by atoms with van der Waals surface area (Å²) in [4.78, 5) is 14.0. The van der Waals surface area contributed by atoms with Crippen molar-refractivity contribution in [1.82, 2.24) is 10.2 Å². The molecule has 2 atom stereocenters. The van der Waals surface area contributed by atoms with E-state index in [0.29, 0.717) is 32.3 Å². The van der Waals surface area contributed by atoms with Gasteiger partial charge in [0.15, 0.2) is 0 Å². The maximum atomic E-state index is 12.3. The number of nitrogens with zero attached hydrogens (tertiary/aromatic N) is 1. The number of morpholine rings is 1. The van der Waals surface area contributed by atoms with Crippen molar-refractivity contribution in [3.63, 3.8) is 0 Å². The lowest BCUT2D eigenvalue weighted by Crippen LogP contribution is -2.50. The molecular formula is C20H30N2O3. The predicted molar refractivity (Wildman–Crippen MR) is 97.4 cm³/mol. The van der Waals surface area contributed by atoms with Crippen molar-refractivity contribution in [2.75, 3.05) is 26.2 Å². The van der Waals surface area contributed by atoms with Crippen LogP contribution in [0.1, 0.15) is 38.2 Å². The molecule has 1 heterocycles. The van der Waals surface area contributed by atoms with E-state index < -0.39 is 0 Å². The third-order valence-corrected chi connectivity index (χ3v) is 5.21. The van der Waals surface area contributed by atoms with Crippen molar-refractivity contribution in [2.45, 2.75) is 51.4 Å². The van der Waals surface area contributed by atoms with Gasteiger partial charge < -0.3 is 19.7 Å². The van der Waals surface area contributed by atoms with Crippen LogP contribution >= 0.6 is 0 Å². The predicted octanol–water partition coefficient (Wildman–Crippen LogP) is 3.19. The second-order valence-corrected chi connectivity index (χ2v) is 7.32. The van der Waals surface area contributed by atoms with Gasteiger partial charge in [-0.25, -0.2) is 4.79 Å². The number of hydrogen-bond donors (Lipinski definition) is 1. The molecule has 0 aromatic heterocycles. The van der Waals surface area contributed by atoms with Gasteiger partial charge in [-0.15, -0.1) is 0 Å². The number of rotatable bonds is 7. The van der Waals surface area contributed by atoms with Crippen LogP contribution in [0, 0.1) is 5.92 Å². The van der Waals surface area contributed by atoms with Crippen molar-refractivity contribution >= 4 is 6.09 Å². The van der Waals surface area contributed by atoms with Crippen molar-refractivity contribution in [1.29, 1.82) is 0 Å². The summed E-state index contributed by atoms with van der Waals surface area (Å²) in [5, 5.41) is 3.56. The molecule has 0 radical (unpaired) electrons. The fourth-order valence-corrected chi connectivity index (χ4v) is 3.46. The Morgan fingerprint density at radius 1 is 1.36 bits per heavy atom. The van der Waals surface area contributed by atoms with Crippen LogP contribution in [0.15, 0.2) is 30.3 Å². The molecule has 1 aliphatic carbocycles. The summed E-state index contributed by atoms with van der Waals surface area (Å²) in [6.07, 6.45) is 5.19. The Bertz CT molecular complexity index is 533. The molecule has 1 aromatic rings. The highest BCUT2D eigenvalue weighted by Crippen LogP contribution is 2.30. The quantitative estimate of drug-likeness (QED) is 0.824. The van der Waals surface area contributed by atoms with Crippen molar-refractivity contribution in [3.05, 3.63) is 35.9 Å². The molecule has 3 rings (SSSR count). The van der Waals surface area contributed by atoms with Crippen LogP contribution in [0.4, 0.5) is 4.79 Å². The van der Waals surface area contributed by atoms with Crippen LogP contribution in [0.3, 0.4) is 0 Å². The lowest BCUT2D eigenvalue weighted by atomic mass is 9.81. The molecule has 2 unspecified atom stereocenters. The number of ether oxygens (including phenoxy) is 2. The Morgan fingerprint density at radius 2 is 2.16 bits per heavy atom. The van der Waals surface area contributed by atoms with Gasteiger partial charge in [0.1, 0.15) is 6.61 Å². The summed E-state index contributed by atoms with van der Waals surface area (Å²) in [5.41, 5.74) is 1.01. The molecule has 2 aliphatic rings. The first kappa shape index (κ1) is 18.2. The minimum Gasteiger partial charge on any atom is -0.445 e. The fourth-order valence-electron chi connectivity index (χ4n) is 3.46. The highest BCUT2D eigenvalue weighted by molar-refractivity contribution is 5.67. The van der Waals surface area contributed by atoms with E-state index in [1.54, 1.807) is 4.90 Å². The van der Waals surface area contributed by atoms with Gasteiger partial charge in [0.05, 0.1) is 19.3 Å². The van der Waals surface area contributed by atoms with E-state index in [9.17, 15) is 4.79 Å². The summed E-state index contributed by atoms with van der Waals surface area (Å²) < 4.78 is 11.2. The van der Waals surface area contributed by atoms with Gasteiger partial charge in [0.25, 0.3) is 0 Å². The monoisotopic (exact) mass is 346 g/mol. The molecule has 138 valence electrons. The highest BCUT2D eigenvalue weighted by atomic mass is 16.6. The van der Waals surface area contributed by atoms with E-state index in [4.69, 9.17) is 9.47 Å². The van der Waals surface area contributed by atoms with E-state index in [-0.39, 0.29) is 12.2 Å². The summed E-state index contributed by atoms with van der Waals surface area (Å²) >= 11 is 0. The molecule has 0 bridgehead atoms. The molecule has 5 heteroatoms. The Morgan fingerprint density at radius 3 is 2.88 bits per heavy atom. The molecule has 1 saturated carbocycles. The topological polar surface area (TPSA) is 50.8 Å². The van der Waals surface area contributed by atoms with Gasteiger partial charge in [-0.2, -0.15) is 0 Å². The van der Waals surface area contributed by atoms with Gasteiger partial charge in [-0.1, -0.05) is 49.6 Å². The van der Waals surface area contributed by atoms with Crippen LogP contribution in [0.5, 0.6) is 0 Å². The number of hydrogen-bond acceptors (Lipinski definition) is 4. The maximum Gasteiger partial charge on any atom is 0.410 e. The molecule has 2 fully saturated rings. The number of nitrogens with one attached hydrogen (secondary N) is 1. The summed E-state index contributed by atoms with van der Waals surface area (Å²) in [5.74, 6) is 0.902. The Kier molecular flexibility index (Phi) is 6.70. The summed E-state index contributed by atoms with van der Waals surface area (Å²) in [7, 11) is 0. The molecule has 1 N–H and O–H groups in total. The molecule has 1 saturated heterocycles. The zero-order valence-corrected chi connectivity index (χ0v) is 15.2. The average Bonchev–Trinajstić information content (AvgIpc) is 2.62. The lowest BCUT2D eigenvalue weighted by molar-refractivity contribution is -0.0281. The van der Waals surface area contributed by atoms with Gasteiger partial charge in [-0.05, 0) is 24.8 Å². The number of carbonyl (C=O) groups is 1. The normalized spacial score (nSPS) is 22.3. The first-order valence-corrected chi connectivity index (χ1v) is 9.51. The van der Waals surface area contributed by atoms with Crippen LogP contribution in [-0.2, 0) is 16.1 Å². The van der Waals surface area contributed by atoms with E-state index in [1.807, 2.05) is 30.3 Å². The van der Waals surface area contributed by atoms with Gasteiger partial charge >= 0.3 is 6.09 Å². The van der Waals surface area contributed by atoms with Crippen LogP contribution in [0.25, 0.3) is 0 Å². The molecule has 1 aromatic carbocycles. The molecular weight excluding hydrogens is 316 g/mol. The van der Waals surface area contributed by atoms with Crippen LogP contribution in [-0.4, -0.2) is 49.4 Å². The van der Waals surface area contributed by atoms with E-state index >= 15 is 0 Å². The van der Waals surface area contributed by atoms with E-state index in [0.717, 1.165) is 18.0 Å². The standard InChI is InChI=1S/C20H30N2O3/c1-16(12-17-8-5-9-17)21-13-19-14-22(10-11-24-19)20(23)25-15-18-6-3-2-4-7-18/h2-4,6-7,16-17,19,21H,5,8-15H2,1H3. The van der Waals surface area contributed by atoms with Gasteiger partial charge in [0, 0.05) is 19.1 Å². The first-order valence-electron chi connectivity index (χ1n) is 9.51. The van der Waals surface area contributed by atoms with Gasteiger partial charge in [-0.3, -0.25) is 0 Å².